The molecule has 4 aromatic rings. The van der Waals surface area contributed by atoms with Gasteiger partial charge in [0.2, 0.25) is 0 Å². The van der Waals surface area contributed by atoms with Crippen LogP contribution in [-0.4, -0.2) is 27.6 Å². The summed E-state index contributed by atoms with van der Waals surface area (Å²) in [6, 6.07) is 20.6. The molecule has 0 N–H and O–H groups in total. The average molecular weight is 441 g/mol. The summed E-state index contributed by atoms with van der Waals surface area (Å²) in [5.74, 6) is -0.176. The number of benzene rings is 2. The molecule has 0 saturated carbocycles. The molecule has 4 rings (SSSR count). The van der Waals surface area contributed by atoms with Crippen LogP contribution in [0.4, 0.5) is 13.2 Å². The minimum Gasteiger partial charge on any atom is -0.337 e. The topological polar surface area (TPSA) is 38.1 Å². The molecule has 158 valence electrons. The van der Waals surface area contributed by atoms with Crippen LogP contribution < -0.4 is 0 Å². The van der Waals surface area contributed by atoms with Crippen molar-refractivity contribution in [2.75, 3.05) is 7.05 Å². The number of alkyl halides is 3. The largest absolute Gasteiger partial charge is 0.435 e. The third kappa shape index (κ3) is 4.54. The number of amides is 1. The lowest BCUT2D eigenvalue weighted by atomic mass is 10.1. The maximum Gasteiger partial charge on any atom is 0.435 e. The first-order chi connectivity index (χ1) is 14.8. The Morgan fingerprint density at radius 2 is 1.74 bits per heavy atom. The van der Waals surface area contributed by atoms with Crippen LogP contribution in [0.25, 0.3) is 16.3 Å². The van der Waals surface area contributed by atoms with Gasteiger partial charge in [-0.2, -0.15) is 18.3 Å². The molecule has 0 unspecified atom stereocenters. The van der Waals surface area contributed by atoms with Crippen LogP contribution in [0.2, 0.25) is 0 Å². The van der Waals surface area contributed by atoms with Gasteiger partial charge >= 0.3 is 6.18 Å². The lowest BCUT2D eigenvalue weighted by Gasteiger charge is -2.17. The van der Waals surface area contributed by atoms with Gasteiger partial charge in [0.25, 0.3) is 5.91 Å². The van der Waals surface area contributed by atoms with Gasteiger partial charge in [-0.05, 0) is 47.3 Å². The molecule has 0 aliphatic heterocycles. The van der Waals surface area contributed by atoms with E-state index in [0.717, 1.165) is 11.6 Å². The molecule has 8 heteroatoms. The van der Waals surface area contributed by atoms with E-state index in [1.807, 2.05) is 30.3 Å². The molecular formula is C23H18F3N3OS. The smallest absolute Gasteiger partial charge is 0.337 e. The molecule has 31 heavy (non-hydrogen) atoms. The second-order valence-corrected chi connectivity index (χ2v) is 7.94. The first kappa shape index (κ1) is 20.9. The highest BCUT2D eigenvalue weighted by Gasteiger charge is 2.35. The highest BCUT2D eigenvalue weighted by Crippen LogP contribution is 2.34. The standard InChI is InChI=1S/C23H18F3N3OS/c1-28(15-16-6-3-2-4-7-16)22(30)17-9-11-18(12-10-17)29-19(20-8-5-13-31-20)14-21(27-29)23(24,25)26/h2-14H,15H2,1H3. The number of aromatic nitrogens is 2. The highest BCUT2D eigenvalue weighted by atomic mass is 32.1. The van der Waals surface area contributed by atoms with Crippen molar-refractivity contribution in [3.8, 4) is 16.3 Å². The fraction of sp³-hybridized carbons (Fsp3) is 0.130. The van der Waals surface area contributed by atoms with E-state index < -0.39 is 11.9 Å². The minimum atomic E-state index is -4.55. The summed E-state index contributed by atoms with van der Waals surface area (Å²) in [6.07, 6.45) is -4.55. The van der Waals surface area contributed by atoms with Crippen molar-refractivity contribution in [1.82, 2.24) is 14.7 Å². The molecular weight excluding hydrogens is 423 g/mol. The van der Waals surface area contributed by atoms with Gasteiger partial charge in [0.05, 0.1) is 16.3 Å². The normalized spacial score (nSPS) is 11.5. The Labute approximate surface area is 181 Å². The number of hydrogen-bond donors (Lipinski definition) is 0. The number of rotatable bonds is 5. The van der Waals surface area contributed by atoms with Crippen molar-refractivity contribution >= 4 is 17.2 Å². The van der Waals surface area contributed by atoms with E-state index in [-0.39, 0.29) is 5.91 Å². The molecule has 0 aliphatic rings. The first-order valence-corrected chi connectivity index (χ1v) is 10.3. The molecule has 0 fully saturated rings. The Bertz CT molecular complexity index is 1170. The van der Waals surface area contributed by atoms with Gasteiger partial charge in [0, 0.05) is 19.2 Å². The molecule has 0 radical (unpaired) electrons. The maximum atomic E-state index is 13.3. The van der Waals surface area contributed by atoms with Crippen molar-refractivity contribution in [1.29, 1.82) is 0 Å². The molecule has 1 amide bonds. The van der Waals surface area contributed by atoms with Gasteiger partial charge in [0.1, 0.15) is 0 Å². The van der Waals surface area contributed by atoms with E-state index in [1.165, 1.54) is 16.0 Å². The van der Waals surface area contributed by atoms with Crippen molar-refractivity contribution in [2.24, 2.45) is 0 Å². The van der Waals surface area contributed by atoms with E-state index >= 15 is 0 Å². The number of carbonyl (C=O) groups excluding carboxylic acids is 1. The van der Waals surface area contributed by atoms with Gasteiger partial charge in [-0.1, -0.05) is 36.4 Å². The van der Waals surface area contributed by atoms with Gasteiger partial charge in [-0.15, -0.1) is 11.3 Å². The summed E-state index contributed by atoms with van der Waals surface area (Å²) < 4.78 is 41.0. The van der Waals surface area contributed by atoms with Crippen molar-refractivity contribution in [2.45, 2.75) is 12.7 Å². The Morgan fingerprint density at radius 1 is 1.03 bits per heavy atom. The number of nitrogens with zero attached hydrogens (tertiary/aromatic N) is 3. The fourth-order valence-electron chi connectivity index (χ4n) is 3.21. The molecule has 0 aliphatic carbocycles. The fourth-order valence-corrected chi connectivity index (χ4v) is 3.94. The molecule has 4 nitrogen and oxygen atoms in total. The monoisotopic (exact) mass is 441 g/mol. The summed E-state index contributed by atoms with van der Waals surface area (Å²) in [7, 11) is 1.71. The minimum absolute atomic E-state index is 0.176. The number of carbonyl (C=O) groups is 1. The summed E-state index contributed by atoms with van der Waals surface area (Å²) in [4.78, 5) is 15.0. The van der Waals surface area contributed by atoms with Crippen LogP contribution in [0.3, 0.4) is 0 Å². The predicted octanol–water partition coefficient (Wildman–Crippen LogP) is 5.89. The second-order valence-electron chi connectivity index (χ2n) is 7.00. The van der Waals surface area contributed by atoms with Gasteiger partial charge in [-0.25, -0.2) is 4.68 Å². The van der Waals surface area contributed by atoms with E-state index in [2.05, 4.69) is 5.10 Å². The summed E-state index contributed by atoms with van der Waals surface area (Å²) in [5.41, 5.74) is 1.29. The lowest BCUT2D eigenvalue weighted by molar-refractivity contribution is -0.141. The quantitative estimate of drug-likeness (QED) is 0.387. The lowest BCUT2D eigenvalue weighted by Crippen LogP contribution is -2.26. The van der Waals surface area contributed by atoms with Gasteiger partial charge in [-0.3, -0.25) is 4.79 Å². The molecule has 2 heterocycles. The van der Waals surface area contributed by atoms with Crippen LogP contribution in [-0.2, 0) is 12.7 Å². The molecule has 2 aromatic carbocycles. The maximum absolute atomic E-state index is 13.3. The second kappa shape index (κ2) is 8.39. The summed E-state index contributed by atoms with van der Waals surface area (Å²) in [6.45, 7) is 0.456. The zero-order valence-corrected chi connectivity index (χ0v) is 17.3. The summed E-state index contributed by atoms with van der Waals surface area (Å²) >= 11 is 1.33. The molecule has 2 aromatic heterocycles. The SMILES string of the molecule is CN(Cc1ccccc1)C(=O)c1ccc(-n2nc(C(F)(F)F)cc2-c2cccs2)cc1. The average Bonchev–Trinajstić information content (AvgIpc) is 3.43. The van der Waals surface area contributed by atoms with Gasteiger partial charge < -0.3 is 4.90 Å². The number of thiophene rings is 1. The van der Waals surface area contributed by atoms with Crippen molar-refractivity contribution in [3.63, 3.8) is 0 Å². The van der Waals surface area contributed by atoms with E-state index in [9.17, 15) is 18.0 Å². The number of halogens is 3. The first-order valence-electron chi connectivity index (χ1n) is 9.44. The van der Waals surface area contributed by atoms with E-state index in [1.54, 1.807) is 53.7 Å². The van der Waals surface area contributed by atoms with E-state index in [4.69, 9.17) is 0 Å². The van der Waals surface area contributed by atoms with Crippen LogP contribution in [0.5, 0.6) is 0 Å². The van der Waals surface area contributed by atoms with Crippen LogP contribution in [0.1, 0.15) is 21.6 Å². The third-order valence-corrected chi connectivity index (χ3v) is 5.63. The van der Waals surface area contributed by atoms with E-state index in [0.29, 0.717) is 28.4 Å². The predicted molar refractivity (Wildman–Crippen MR) is 114 cm³/mol. The molecule has 0 spiro atoms. The van der Waals surface area contributed by atoms with Crippen molar-refractivity contribution < 1.29 is 18.0 Å². The van der Waals surface area contributed by atoms with Crippen LogP contribution >= 0.6 is 11.3 Å². The zero-order valence-electron chi connectivity index (χ0n) is 16.5. The third-order valence-electron chi connectivity index (χ3n) is 4.74. The van der Waals surface area contributed by atoms with Crippen LogP contribution in [0, 0.1) is 0 Å². The molecule has 0 atom stereocenters. The van der Waals surface area contributed by atoms with Crippen molar-refractivity contribution in [3.05, 3.63) is 95.0 Å². The van der Waals surface area contributed by atoms with Crippen LogP contribution in [0.15, 0.2) is 78.2 Å². The Morgan fingerprint density at radius 3 is 2.35 bits per heavy atom. The Balaban J connectivity index is 1.61. The molecule has 0 saturated heterocycles. The molecule has 0 bridgehead atoms. The van der Waals surface area contributed by atoms with Gasteiger partial charge in [0.15, 0.2) is 5.69 Å². The Kier molecular flexibility index (Phi) is 5.65. The Hall–Kier alpha value is -3.39. The zero-order chi connectivity index (χ0) is 22.0. The number of hydrogen-bond acceptors (Lipinski definition) is 3. The summed E-state index contributed by atoms with van der Waals surface area (Å²) in [5, 5.41) is 5.57. The highest BCUT2D eigenvalue weighted by molar-refractivity contribution is 7.13.